The van der Waals surface area contributed by atoms with Crippen LogP contribution in [0.25, 0.3) is 0 Å². The van der Waals surface area contributed by atoms with E-state index in [4.69, 9.17) is 4.74 Å². The molecule has 1 aromatic heterocycles. The smallest absolute Gasteiger partial charge is 0.137 e. The lowest BCUT2D eigenvalue weighted by Crippen LogP contribution is -2.31. The summed E-state index contributed by atoms with van der Waals surface area (Å²) in [4.78, 5) is 10.3. The van der Waals surface area contributed by atoms with Gasteiger partial charge in [-0.25, -0.2) is 9.97 Å². The molecule has 0 aromatic carbocycles. The lowest BCUT2D eigenvalue weighted by atomic mass is 10.1. The molecule has 0 radical (unpaired) electrons. The van der Waals surface area contributed by atoms with Crippen molar-refractivity contribution in [1.29, 1.82) is 0 Å². The first-order valence-electron chi connectivity index (χ1n) is 5.66. The second-order valence-electron chi connectivity index (χ2n) is 4.02. The average Bonchev–Trinajstić information content (AvgIpc) is 2.40. The molecule has 1 N–H and O–H groups in total. The zero-order chi connectivity index (χ0) is 12.1. The molecule has 0 atom stereocenters. The van der Waals surface area contributed by atoms with Crippen molar-refractivity contribution in [2.45, 2.75) is 13.0 Å². The Morgan fingerprint density at radius 3 is 3.06 bits per heavy atom. The molecule has 17 heavy (non-hydrogen) atoms. The monoisotopic (exact) mass is 235 g/mol. The fourth-order valence-corrected chi connectivity index (χ4v) is 1.97. The number of aromatic nitrogens is 2. The number of hydrogen-bond acceptors (Lipinski definition) is 5. The van der Waals surface area contributed by atoms with Crippen molar-refractivity contribution in [3.63, 3.8) is 0 Å². The van der Waals surface area contributed by atoms with Gasteiger partial charge in [0.05, 0.1) is 13.2 Å². The summed E-state index contributed by atoms with van der Waals surface area (Å²) in [6.45, 7) is 2.38. The van der Waals surface area contributed by atoms with Gasteiger partial charge >= 0.3 is 0 Å². The third kappa shape index (κ3) is 2.81. The van der Waals surface area contributed by atoms with Gasteiger partial charge in [0.25, 0.3) is 0 Å². The van der Waals surface area contributed by atoms with E-state index in [-0.39, 0.29) is 6.61 Å². The molecule has 1 aromatic rings. The Bertz CT molecular complexity index is 406. The third-order valence-corrected chi connectivity index (χ3v) is 2.87. The summed E-state index contributed by atoms with van der Waals surface area (Å²) in [6.07, 6.45) is 6.32. The molecule has 2 heterocycles. The van der Waals surface area contributed by atoms with Crippen LogP contribution in [-0.2, 0) is 11.3 Å². The molecule has 0 unspecified atom stereocenters. The van der Waals surface area contributed by atoms with Crippen LogP contribution in [0.3, 0.4) is 0 Å². The molecule has 0 amide bonds. The number of rotatable bonds is 4. The summed E-state index contributed by atoms with van der Waals surface area (Å²) in [5.41, 5.74) is 2.10. The highest BCUT2D eigenvalue weighted by Gasteiger charge is 2.15. The Labute approximate surface area is 101 Å². The van der Waals surface area contributed by atoms with Crippen LogP contribution in [0.15, 0.2) is 24.2 Å². The lowest BCUT2D eigenvalue weighted by molar-refractivity contribution is 0.222. The number of methoxy groups -OCH3 is 1. The Kier molecular flexibility index (Phi) is 4.06. The van der Waals surface area contributed by atoms with Crippen molar-refractivity contribution in [3.05, 3.63) is 29.7 Å². The number of aliphatic hydroxyl groups excluding tert-OH is 1. The molecule has 0 spiro atoms. The molecule has 5 nitrogen and oxygen atoms in total. The average molecular weight is 235 g/mol. The van der Waals surface area contributed by atoms with E-state index in [1.807, 2.05) is 0 Å². The number of aliphatic hydroxyl groups is 1. The zero-order valence-corrected chi connectivity index (χ0v) is 9.96. The third-order valence-electron chi connectivity index (χ3n) is 2.87. The van der Waals surface area contributed by atoms with Crippen LogP contribution in [0.2, 0.25) is 0 Å². The predicted octanol–water partition coefficient (Wildman–Crippen LogP) is 0.752. The SMILES string of the molecule is COCC1=CCN(c2ncncc2CO)CC1. The maximum Gasteiger partial charge on any atom is 0.137 e. The molecule has 1 aliphatic heterocycles. The Morgan fingerprint density at radius 2 is 2.41 bits per heavy atom. The van der Waals surface area contributed by atoms with Gasteiger partial charge in [-0.3, -0.25) is 0 Å². The van der Waals surface area contributed by atoms with Gasteiger partial charge in [0, 0.05) is 32.0 Å². The van der Waals surface area contributed by atoms with Gasteiger partial charge in [-0.2, -0.15) is 0 Å². The molecular formula is C12H17N3O2. The van der Waals surface area contributed by atoms with E-state index in [1.165, 1.54) is 11.9 Å². The van der Waals surface area contributed by atoms with E-state index in [9.17, 15) is 5.11 Å². The summed E-state index contributed by atoms with van der Waals surface area (Å²) in [6, 6.07) is 0. The number of nitrogens with zero attached hydrogens (tertiary/aromatic N) is 3. The highest BCUT2D eigenvalue weighted by molar-refractivity contribution is 5.47. The quantitative estimate of drug-likeness (QED) is 0.780. The summed E-state index contributed by atoms with van der Waals surface area (Å²) in [7, 11) is 1.71. The van der Waals surface area contributed by atoms with E-state index in [0.29, 0.717) is 6.61 Å². The zero-order valence-electron chi connectivity index (χ0n) is 9.96. The topological polar surface area (TPSA) is 58.5 Å². The molecule has 1 aliphatic rings. The fraction of sp³-hybridized carbons (Fsp3) is 0.500. The van der Waals surface area contributed by atoms with Crippen molar-refractivity contribution >= 4 is 5.82 Å². The molecule has 0 fully saturated rings. The van der Waals surface area contributed by atoms with Crippen molar-refractivity contribution in [1.82, 2.24) is 9.97 Å². The second kappa shape index (κ2) is 5.75. The summed E-state index contributed by atoms with van der Waals surface area (Å²) in [5, 5.41) is 9.24. The maximum atomic E-state index is 9.24. The van der Waals surface area contributed by atoms with Gasteiger partial charge in [-0.05, 0) is 12.0 Å². The Hall–Kier alpha value is -1.46. The van der Waals surface area contributed by atoms with Crippen molar-refractivity contribution in [2.75, 3.05) is 31.7 Å². The summed E-state index contributed by atoms with van der Waals surface area (Å²) >= 11 is 0. The number of hydrogen-bond donors (Lipinski definition) is 1. The Morgan fingerprint density at radius 1 is 1.53 bits per heavy atom. The van der Waals surface area contributed by atoms with Crippen LogP contribution in [0.1, 0.15) is 12.0 Å². The molecule has 0 bridgehead atoms. The van der Waals surface area contributed by atoms with Crippen LogP contribution in [0.4, 0.5) is 5.82 Å². The minimum Gasteiger partial charge on any atom is -0.391 e. The maximum absolute atomic E-state index is 9.24. The normalized spacial score (nSPS) is 15.9. The molecule has 5 heteroatoms. The van der Waals surface area contributed by atoms with Crippen LogP contribution in [0, 0.1) is 0 Å². The van der Waals surface area contributed by atoms with E-state index < -0.39 is 0 Å². The first-order chi connectivity index (χ1) is 8.35. The summed E-state index contributed by atoms with van der Waals surface area (Å²) in [5.74, 6) is 0.829. The van der Waals surface area contributed by atoms with Gasteiger partial charge in [0.15, 0.2) is 0 Å². The van der Waals surface area contributed by atoms with Crippen LogP contribution >= 0.6 is 0 Å². The fourth-order valence-electron chi connectivity index (χ4n) is 1.97. The minimum absolute atomic E-state index is 0.0265. The largest absolute Gasteiger partial charge is 0.391 e. The van der Waals surface area contributed by atoms with Crippen molar-refractivity contribution < 1.29 is 9.84 Å². The van der Waals surface area contributed by atoms with E-state index in [1.54, 1.807) is 13.3 Å². The number of anilines is 1. The predicted molar refractivity (Wildman–Crippen MR) is 64.7 cm³/mol. The van der Waals surface area contributed by atoms with Gasteiger partial charge < -0.3 is 14.7 Å². The minimum atomic E-state index is -0.0265. The van der Waals surface area contributed by atoms with Crippen LogP contribution in [-0.4, -0.2) is 41.9 Å². The van der Waals surface area contributed by atoms with Crippen LogP contribution in [0.5, 0.6) is 0 Å². The van der Waals surface area contributed by atoms with Gasteiger partial charge in [-0.15, -0.1) is 0 Å². The van der Waals surface area contributed by atoms with Crippen molar-refractivity contribution in [2.24, 2.45) is 0 Å². The van der Waals surface area contributed by atoms with E-state index in [2.05, 4.69) is 20.9 Å². The molecule has 0 aliphatic carbocycles. The molecular weight excluding hydrogens is 218 g/mol. The molecule has 0 saturated carbocycles. The second-order valence-corrected chi connectivity index (χ2v) is 4.02. The molecule has 2 rings (SSSR count). The van der Waals surface area contributed by atoms with E-state index >= 15 is 0 Å². The highest BCUT2D eigenvalue weighted by Crippen LogP contribution is 2.20. The summed E-state index contributed by atoms with van der Waals surface area (Å²) < 4.78 is 5.11. The van der Waals surface area contributed by atoms with E-state index in [0.717, 1.165) is 30.9 Å². The molecule has 0 saturated heterocycles. The van der Waals surface area contributed by atoms with Gasteiger partial charge in [0.2, 0.25) is 0 Å². The molecule has 92 valence electrons. The first kappa shape index (κ1) is 12.0. The van der Waals surface area contributed by atoms with Gasteiger partial charge in [-0.1, -0.05) is 6.08 Å². The van der Waals surface area contributed by atoms with Crippen molar-refractivity contribution in [3.8, 4) is 0 Å². The highest BCUT2D eigenvalue weighted by atomic mass is 16.5. The first-order valence-corrected chi connectivity index (χ1v) is 5.66. The Balaban J connectivity index is 2.10. The number of ether oxygens (including phenoxy) is 1. The standard InChI is InChI=1S/C12H17N3O2/c1-17-8-10-2-4-15(5-3-10)12-11(7-16)6-13-9-14-12/h2,6,9,16H,3-5,7-8H2,1H3. The lowest BCUT2D eigenvalue weighted by Gasteiger charge is -2.28. The van der Waals surface area contributed by atoms with Crippen LogP contribution < -0.4 is 4.90 Å². The van der Waals surface area contributed by atoms with Gasteiger partial charge in [0.1, 0.15) is 12.1 Å².